The standard InChI is InChI=1S/C11H3F8NO/c12-7-3-1-2-5(6(7)4-20)8(21)9(13,14)10(15,16)11(17,18)19/h1-3H. The molecule has 10 heteroatoms. The van der Waals surface area contributed by atoms with Crippen LogP contribution >= 0.6 is 0 Å². The van der Waals surface area contributed by atoms with Crippen molar-refractivity contribution in [2.45, 2.75) is 18.0 Å². The minimum Gasteiger partial charge on any atom is -0.287 e. The monoisotopic (exact) mass is 317 g/mol. The van der Waals surface area contributed by atoms with E-state index in [1.165, 1.54) is 0 Å². The summed E-state index contributed by atoms with van der Waals surface area (Å²) in [6.45, 7) is 0. The molecule has 0 unspecified atom stereocenters. The predicted molar refractivity (Wildman–Crippen MR) is 51.4 cm³/mol. The Balaban J connectivity index is 3.45. The minimum atomic E-state index is -6.70. The Morgan fingerprint density at radius 1 is 1.05 bits per heavy atom. The summed E-state index contributed by atoms with van der Waals surface area (Å²) >= 11 is 0. The van der Waals surface area contributed by atoms with E-state index in [-0.39, 0.29) is 0 Å². The van der Waals surface area contributed by atoms with Gasteiger partial charge in [-0.2, -0.15) is 36.0 Å². The molecule has 1 rings (SSSR count). The fraction of sp³-hybridized carbons (Fsp3) is 0.273. The molecule has 0 aromatic heterocycles. The van der Waals surface area contributed by atoms with E-state index in [2.05, 4.69) is 0 Å². The molecular formula is C11H3F8NO. The van der Waals surface area contributed by atoms with E-state index < -0.39 is 40.7 Å². The van der Waals surface area contributed by atoms with Crippen LogP contribution in [0.1, 0.15) is 15.9 Å². The second-order valence-corrected chi connectivity index (χ2v) is 3.75. The van der Waals surface area contributed by atoms with Crippen LogP contribution in [0, 0.1) is 17.1 Å². The summed E-state index contributed by atoms with van der Waals surface area (Å²) in [7, 11) is 0. The van der Waals surface area contributed by atoms with E-state index in [1.54, 1.807) is 0 Å². The molecule has 2 nitrogen and oxygen atoms in total. The van der Waals surface area contributed by atoms with Crippen LogP contribution in [0.15, 0.2) is 18.2 Å². The largest absolute Gasteiger partial charge is 0.460 e. The van der Waals surface area contributed by atoms with Gasteiger partial charge in [-0.15, -0.1) is 0 Å². The summed E-state index contributed by atoms with van der Waals surface area (Å²) in [5, 5.41) is 8.48. The zero-order valence-electron chi connectivity index (χ0n) is 9.61. The van der Waals surface area contributed by atoms with Gasteiger partial charge in [-0.05, 0) is 12.1 Å². The Morgan fingerprint density at radius 2 is 1.57 bits per heavy atom. The van der Waals surface area contributed by atoms with E-state index in [9.17, 15) is 39.9 Å². The van der Waals surface area contributed by atoms with E-state index in [0.717, 1.165) is 6.07 Å². The zero-order valence-corrected chi connectivity index (χ0v) is 9.61. The van der Waals surface area contributed by atoms with Gasteiger partial charge in [-0.3, -0.25) is 4.79 Å². The number of carbonyl (C=O) groups excluding carboxylic acids is 1. The van der Waals surface area contributed by atoms with Gasteiger partial charge < -0.3 is 0 Å². The predicted octanol–water partition coefficient (Wildman–Crippen LogP) is 3.71. The molecule has 0 amide bonds. The highest BCUT2D eigenvalue weighted by Gasteiger charge is 2.76. The van der Waals surface area contributed by atoms with Crippen LogP contribution < -0.4 is 0 Å². The van der Waals surface area contributed by atoms with Gasteiger partial charge in [-0.25, -0.2) is 4.39 Å². The van der Waals surface area contributed by atoms with Crippen molar-refractivity contribution in [2.24, 2.45) is 0 Å². The van der Waals surface area contributed by atoms with Gasteiger partial charge in [-0.1, -0.05) is 6.07 Å². The van der Waals surface area contributed by atoms with Crippen molar-refractivity contribution in [3.05, 3.63) is 35.1 Å². The number of nitrogens with zero attached hydrogens (tertiary/aromatic N) is 1. The van der Waals surface area contributed by atoms with Crippen LogP contribution in [0.25, 0.3) is 0 Å². The maximum absolute atomic E-state index is 13.2. The molecule has 0 fully saturated rings. The molecule has 0 aliphatic carbocycles. The third-order valence-electron chi connectivity index (χ3n) is 2.41. The smallest absolute Gasteiger partial charge is 0.287 e. The molecule has 1 aromatic rings. The highest BCUT2D eigenvalue weighted by Crippen LogP contribution is 2.48. The van der Waals surface area contributed by atoms with Gasteiger partial charge in [0.15, 0.2) is 0 Å². The molecule has 1 aromatic carbocycles. The lowest BCUT2D eigenvalue weighted by Gasteiger charge is -2.27. The molecule has 0 saturated carbocycles. The van der Waals surface area contributed by atoms with Crippen LogP contribution in [-0.4, -0.2) is 23.8 Å². The number of alkyl halides is 7. The topological polar surface area (TPSA) is 40.9 Å². The first-order chi connectivity index (χ1) is 9.38. The molecule has 114 valence electrons. The third-order valence-corrected chi connectivity index (χ3v) is 2.41. The van der Waals surface area contributed by atoms with Gasteiger partial charge >= 0.3 is 18.0 Å². The van der Waals surface area contributed by atoms with E-state index in [4.69, 9.17) is 5.26 Å². The summed E-state index contributed by atoms with van der Waals surface area (Å²) in [5.74, 6) is -17.4. The molecule has 0 spiro atoms. The first kappa shape index (κ1) is 16.9. The fourth-order valence-corrected chi connectivity index (χ4v) is 1.32. The van der Waals surface area contributed by atoms with Crippen LogP contribution in [0.4, 0.5) is 35.1 Å². The van der Waals surface area contributed by atoms with Crippen molar-refractivity contribution in [1.82, 2.24) is 0 Å². The summed E-state index contributed by atoms with van der Waals surface area (Å²) in [6, 6.07) is 2.47. The Bertz CT molecular complexity index is 614. The van der Waals surface area contributed by atoms with Crippen molar-refractivity contribution < 1.29 is 39.9 Å². The lowest BCUT2D eigenvalue weighted by atomic mass is 9.96. The van der Waals surface area contributed by atoms with Crippen LogP contribution in [0.5, 0.6) is 0 Å². The molecule has 0 radical (unpaired) electrons. The number of hydrogen-bond donors (Lipinski definition) is 0. The molecule has 0 aliphatic rings. The van der Waals surface area contributed by atoms with Gasteiger partial charge in [0.2, 0.25) is 5.78 Å². The van der Waals surface area contributed by atoms with Gasteiger partial charge in [0, 0.05) is 5.56 Å². The van der Waals surface area contributed by atoms with Gasteiger partial charge in [0.05, 0.1) is 5.56 Å². The highest BCUT2D eigenvalue weighted by molar-refractivity contribution is 6.04. The van der Waals surface area contributed by atoms with E-state index in [0.29, 0.717) is 18.2 Å². The molecule has 0 saturated heterocycles. The van der Waals surface area contributed by atoms with Crippen LogP contribution in [0.3, 0.4) is 0 Å². The SMILES string of the molecule is N#Cc1c(F)cccc1C(=O)C(F)(F)C(F)(F)C(F)(F)F. The first-order valence-corrected chi connectivity index (χ1v) is 4.93. The van der Waals surface area contributed by atoms with Crippen LogP contribution in [0.2, 0.25) is 0 Å². The van der Waals surface area contributed by atoms with Crippen molar-refractivity contribution in [1.29, 1.82) is 5.26 Å². The Hall–Kier alpha value is -2.18. The summed E-state index contributed by atoms with van der Waals surface area (Å²) < 4.78 is 101. The Kier molecular flexibility index (Phi) is 4.00. The maximum Gasteiger partial charge on any atom is 0.460 e. The number of ketones is 1. The molecule has 0 aliphatic heterocycles. The fourth-order valence-electron chi connectivity index (χ4n) is 1.32. The molecule has 0 heterocycles. The number of carbonyl (C=O) groups is 1. The van der Waals surface area contributed by atoms with Crippen molar-refractivity contribution in [3.8, 4) is 6.07 Å². The average molecular weight is 317 g/mol. The van der Waals surface area contributed by atoms with Gasteiger partial charge in [0.1, 0.15) is 11.9 Å². The highest BCUT2D eigenvalue weighted by atomic mass is 19.4. The Morgan fingerprint density at radius 3 is 2.00 bits per heavy atom. The molecule has 0 atom stereocenters. The van der Waals surface area contributed by atoms with Gasteiger partial charge in [0.25, 0.3) is 0 Å². The summed E-state index contributed by atoms with van der Waals surface area (Å²) in [4.78, 5) is 11.2. The lowest BCUT2D eigenvalue weighted by Crippen LogP contribution is -2.56. The normalized spacial score (nSPS) is 12.9. The summed E-state index contributed by atoms with van der Waals surface area (Å²) in [6.07, 6.45) is -6.70. The number of rotatable bonds is 3. The second-order valence-electron chi connectivity index (χ2n) is 3.75. The third kappa shape index (κ3) is 2.55. The van der Waals surface area contributed by atoms with Crippen molar-refractivity contribution in [2.75, 3.05) is 0 Å². The minimum absolute atomic E-state index is 0.352. The van der Waals surface area contributed by atoms with Crippen molar-refractivity contribution >= 4 is 5.78 Å². The molecule has 21 heavy (non-hydrogen) atoms. The van der Waals surface area contributed by atoms with Crippen LogP contribution in [-0.2, 0) is 0 Å². The maximum atomic E-state index is 13.2. The zero-order chi connectivity index (χ0) is 16.6. The lowest BCUT2D eigenvalue weighted by molar-refractivity contribution is -0.339. The quantitative estimate of drug-likeness (QED) is 0.630. The average Bonchev–Trinajstić information content (AvgIpc) is 2.35. The summed E-state index contributed by atoms with van der Waals surface area (Å²) in [5.41, 5.74) is -2.91. The first-order valence-electron chi connectivity index (χ1n) is 4.93. The number of Topliss-reactive ketones (excluding diaryl/α,β-unsaturated/α-hetero) is 1. The van der Waals surface area contributed by atoms with E-state index in [1.807, 2.05) is 0 Å². The molecular weight excluding hydrogens is 314 g/mol. The van der Waals surface area contributed by atoms with E-state index >= 15 is 0 Å². The van der Waals surface area contributed by atoms with Crippen molar-refractivity contribution in [3.63, 3.8) is 0 Å². The number of hydrogen-bond acceptors (Lipinski definition) is 2. The molecule has 0 N–H and O–H groups in total. The number of benzene rings is 1. The number of nitriles is 1. The second kappa shape index (κ2) is 4.98. The Labute approximate surface area is 111 Å². The molecule has 0 bridgehead atoms. The number of halogens is 8.